The third-order valence-corrected chi connectivity index (χ3v) is 5.47. The van der Waals surface area contributed by atoms with E-state index in [1.54, 1.807) is 12.1 Å². The summed E-state index contributed by atoms with van der Waals surface area (Å²) in [6.07, 6.45) is 0.216. The van der Waals surface area contributed by atoms with Crippen molar-refractivity contribution in [3.8, 4) is 5.75 Å². The number of ether oxygens (including phenoxy) is 3. The van der Waals surface area contributed by atoms with Crippen LogP contribution in [-0.2, 0) is 20.9 Å². The van der Waals surface area contributed by atoms with E-state index in [2.05, 4.69) is 10.3 Å². The van der Waals surface area contributed by atoms with Crippen LogP contribution in [0.5, 0.6) is 5.75 Å². The van der Waals surface area contributed by atoms with Gasteiger partial charge in [0.2, 0.25) is 5.82 Å². The molecule has 4 atom stereocenters. The number of methoxy groups -OCH3 is 1. The lowest BCUT2D eigenvalue weighted by Gasteiger charge is -2.24. The first-order valence-corrected chi connectivity index (χ1v) is 9.99. The number of aliphatic hydroxyl groups is 1. The molecule has 7 nitrogen and oxygen atoms in total. The lowest BCUT2D eigenvalue weighted by molar-refractivity contribution is -0.127. The molecule has 0 spiro atoms. The number of hydrogen-bond donors (Lipinski definition) is 2. The van der Waals surface area contributed by atoms with Gasteiger partial charge in [0.1, 0.15) is 12.7 Å². The lowest BCUT2D eigenvalue weighted by Crippen LogP contribution is -2.33. The second kappa shape index (κ2) is 10.1. The van der Waals surface area contributed by atoms with Crippen LogP contribution >= 0.6 is 0 Å². The van der Waals surface area contributed by atoms with E-state index in [4.69, 9.17) is 14.2 Å². The molecule has 1 amide bonds. The van der Waals surface area contributed by atoms with E-state index in [1.165, 1.54) is 19.4 Å². The van der Waals surface area contributed by atoms with Crippen molar-refractivity contribution in [1.29, 1.82) is 0 Å². The van der Waals surface area contributed by atoms with Gasteiger partial charge in [-0.25, -0.2) is 4.39 Å². The second-order valence-electron chi connectivity index (χ2n) is 7.45. The SMILES string of the molecule is COCCOc1c([C@@H]2[C@H](C)[C@@H](C)O[C@H]2C(=O)Nc2ccnc(CO)c2)ccc(F)c1F. The molecule has 9 heteroatoms. The Balaban J connectivity index is 1.92. The molecular weight excluding hydrogens is 410 g/mol. The number of carbonyl (C=O) groups excluding carboxylic acids is 1. The summed E-state index contributed by atoms with van der Waals surface area (Å²) < 4.78 is 44.9. The number of aliphatic hydroxyl groups excluding tert-OH is 1. The van der Waals surface area contributed by atoms with Crippen molar-refractivity contribution < 1.29 is 32.9 Å². The van der Waals surface area contributed by atoms with Gasteiger partial charge >= 0.3 is 0 Å². The van der Waals surface area contributed by atoms with Crippen molar-refractivity contribution in [3.63, 3.8) is 0 Å². The molecule has 0 saturated carbocycles. The van der Waals surface area contributed by atoms with Crippen LogP contribution in [0.2, 0.25) is 0 Å². The number of aromatic nitrogens is 1. The van der Waals surface area contributed by atoms with Gasteiger partial charge in [-0.2, -0.15) is 4.39 Å². The summed E-state index contributed by atoms with van der Waals surface area (Å²) >= 11 is 0. The molecule has 2 heterocycles. The number of nitrogens with one attached hydrogen (secondary N) is 1. The van der Waals surface area contributed by atoms with Crippen LogP contribution in [0.4, 0.5) is 14.5 Å². The Hall–Kier alpha value is -2.62. The Bertz CT molecular complexity index is 927. The van der Waals surface area contributed by atoms with Gasteiger partial charge in [0, 0.05) is 30.5 Å². The highest BCUT2D eigenvalue weighted by atomic mass is 19.2. The summed E-state index contributed by atoms with van der Waals surface area (Å²) in [5.74, 6) is -3.57. The smallest absolute Gasteiger partial charge is 0.254 e. The van der Waals surface area contributed by atoms with E-state index < -0.39 is 29.6 Å². The summed E-state index contributed by atoms with van der Waals surface area (Å²) in [5.41, 5.74) is 1.20. The van der Waals surface area contributed by atoms with Gasteiger partial charge in [0.05, 0.1) is 25.0 Å². The van der Waals surface area contributed by atoms with E-state index in [9.17, 15) is 18.7 Å². The first-order valence-electron chi connectivity index (χ1n) is 9.99. The molecule has 1 aromatic carbocycles. The maximum absolute atomic E-state index is 14.6. The second-order valence-corrected chi connectivity index (χ2v) is 7.45. The van der Waals surface area contributed by atoms with Crippen LogP contribution in [-0.4, -0.2) is 48.5 Å². The van der Waals surface area contributed by atoms with E-state index >= 15 is 0 Å². The Kier molecular flexibility index (Phi) is 7.53. The molecule has 0 aliphatic carbocycles. The topological polar surface area (TPSA) is 89.9 Å². The van der Waals surface area contributed by atoms with Gasteiger partial charge in [0.25, 0.3) is 5.91 Å². The number of hydrogen-bond acceptors (Lipinski definition) is 6. The number of benzene rings is 1. The fourth-order valence-electron chi connectivity index (χ4n) is 3.72. The van der Waals surface area contributed by atoms with Gasteiger partial charge in [-0.05, 0) is 31.0 Å². The van der Waals surface area contributed by atoms with Crippen LogP contribution in [0.3, 0.4) is 0 Å². The van der Waals surface area contributed by atoms with E-state index in [0.29, 0.717) is 16.9 Å². The zero-order chi connectivity index (χ0) is 22.5. The molecule has 1 aromatic heterocycles. The van der Waals surface area contributed by atoms with E-state index in [0.717, 1.165) is 6.07 Å². The first-order chi connectivity index (χ1) is 14.9. The van der Waals surface area contributed by atoms with Crippen LogP contribution in [0, 0.1) is 17.6 Å². The number of pyridine rings is 1. The van der Waals surface area contributed by atoms with Gasteiger partial charge in [-0.3, -0.25) is 9.78 Å². The van der Waals surface area contributed by atoms with Gasteiger partial charge in [-0.15, -0.1) is 0 Å². The maximum Gasteiger partial charge on any atom is 0.254 e. The lowest BCUT2D eigenvalue weighted by atomic mass is 9.82. The predicted octanol–water partition coefficient (Wildman–Crippen LogP) is 3.02. The molecule has 1 fully saturated rings. The first kappa shape index (κ1) is 23.1. The zero-order valence-corrected chi connectivity index (χ0v) is 17.6. The number of rotatable bonds is 8. The standard InChI is InChI=1S/C22H26F2N2O5/c1-12-13(2)31-21(22(28)26-14-6-7-25-15(10-14)11-27)18(12)16-4-5-17(23)19(24)20(16)30-9-8-29-3/h4-7,10,12-13,18,21,27H,8-9,11H2,1-3H3,(H,25,26,28)/t12-,13-,18+,21-/m1/s1. The summed E-state index contributed by atoms with van der Waals surface area (Å²) in [4.78, 5) is 17.0. The van der Waals surface area contributed by atoms with E-state index in [-0.39, 0.29) is 37.6 Å². The molecule has 1 aliphatic rings. The summed E-state index contributed by atoms with van der Waals surface area (Å²) in [7, 11) is 1.47. The predicted molar refractivity (Wildman–Crippen MR) is 109 cm³/mol. The Morgan fingerprint density at radius 2 is 2.03 bits per heavy atom. The molecule has 2 N–H and O–H groups in total. The van der Waals surface area contributed by atoms with Crippen molar-refractivity contribution in [2.75, 3.05) is 25.6 Å². The van der Waals surface area contributed by atoms with Gasteiger partial charge in [-0.1, -0.05) is 13.0 Å². The summed E-state index contributed by atoms with van der Waals surface area (Å²) in [6, 6.07) is 5.59. The van der Waals surface area contributed by atoms with Crippen molar-refractivity contribution in [2.24, 2.45) is 5.92 Å². The quantitative estimate of drug-likeness (QED) is 0.619. The average Bonchev–Trinajstić information content (AvgIpc) is 3.06. The van der Waals surface area contributed by atoms with Gasteiger partial charge in [0.15, 0.2) is 11.6 Å². The third kappa shape index (κ3) is 5.00. The number of amides is 1. The Morgan fingerprint density at radius 3 is 2.74 bits per heavy atom. The largest absolute Gasteiger partial charge is 0.488 e. The molecule has 1 saturated heterocycles. The van der Waals surface area contributed by atoms with Crippen LogP contribution in [0.15, 0.2) is 30.5 Å². The summed E-state index contributed by atoms with van der Waals surface area (Å²) in [5, 5.41) is 12.0. The molecule has 0 bridgehead atoms. The summed E-state index contributed by atoms with van der Waals surface area (Å²) in [6.45, 7) is 3.67. The van der Waals surface area contributed by atoms with Crippen molar-refractivity contribution in [2.45, 2.75) is 38.6 Å². The van der Waals surface area contributed by atoms with Crippen LogP contribution < -0.4 is 10.1 Å². The highest BCUT2D eigenvalue weighted by molar-refractivity contribution is 5.95. The molecule has 1 aliphatic heterocycles. The van der Waals surface area contributed by atoms with Gasteiger partial charge < -0.3 is 24.6 Å². The highest BCUT2D eigenvalue weighted by Crippen LogP contribution is 2.45. The zero-order valence-electron chi connectivity index (χ0n) is 17.6. The third-order valence-electron chi connectivity index (χ3n) is 5.47. The van der Waals surface area contributed by atoms with Crippen LogP contribution in [0.1, 0.15) is 31.0 Å². The minimum absolute atomic E-state index is 0.0270. The number of anilines is 1. The number of nitrogens with zero attached hydrogens (tertiary/aromatic N) is 1. The normalized spacial score (nSPS) is 23.0. The average molecular weight is 436 g/mol. The van der Waals surface area contributed by atoms with Crippen molar-refractivity contribution in [1.82, 2.24) is 4.98 Å². The molecule has 0 unspecified atom stereocenters. The van der Waals surface area contributed by atoms with Crippen molar-refractivity contribution >= 4 is 11.6 Å². The fraction of sp³-hybridized carbons (Fsp3) is 0.455. The van der Waals surface area contributed by atoms with Crippen molar-refractivity contribution in [3.05, 3.63) is 53.4 Å². The van der Waals surface area contributed by atoms with Crippen LogP contribution in [0.25, 0.3) is 0 Å². The highest BCUT2D eigenvalue weighted by Gasteiger charge is 2.46. The molecule has 2 aromatic rings. The molecular formula is C22H26F2N2O5. The fourth-order valence-corrected chi connectivity index (χ4v) is 3.72. The number of carbonyl (C=O) groups is 1. The van der Waals surface area contributed by atoms with E-state index in [1.807, 2.05) is 13.8 Å². The molecule has 3 rings (SSSR count). The molecule has 31 heavy (non-hydrogen) atoms. The Morgan fingerprint density at radius 1 is 1.26 bits per heavy atom. The Labute approximate surface area is 179 Å². The minimum atomic E-state index is -1.11. The molecule has 0 radical (unpaired) electrons. The monoisotopic (exact) mass is 436 g/mol. The molecule has 168 valence electrons. The number of halogens is 2. The maximum atomic E-state index is 14.6. The minimum Gasteiger partial charge on any atom is -0.488 e.